The normalized spacial score (nSPS) is 17.4. The molecule has 0 N–H and O–H groups in total. The van der Waals surface area contributed by atoms with Gasteiger partial charge in [-0.2, -0.15) is 0 Å². The number of amidine groups is 1. The van der Waals surface area contributed by atoms with Crippen molar-refractivity contribution in [1.82, 2.24) is 9.55 Å². The minimum Gasteiger partial charge on any atom is -0.273 e. The van der Waals surface area contributed by atoms with E-state index in [4.69, 9.17) is 0 Å². The Morgan fingerprint density at radius 1 is 1.23 bits per heavy atom. The van der Waals surface area contributed by atoms with E-state index in [0.29, 0.717) is 11.7 Å². The van der Waals surface area contributed by atoms with E-state index in [-0.39, 0.29) is 0 Å². The van der Waals surface area contributed by atoms with Crippen molar-refractivity contribution in [2.45, 2.75) is 6.92 Å². The van der Waals surface area contributed by atoms with Crippen LogP contribution in [0.2, 0.25) is 0 Å². The molecule has 7 heteroatoms. The van der Waals surface area contributed by atoms with E-state index in [1.165, 1.54) is 12.4 Å². The highest BCUT2D eigenvalue weighted by Crippen LogP contribution is 2.19. The number of fused-ring (bicyclic) bond motifs is 1. The second kappa shape index (κ2) is 6.85. The number of aliphatic imine (C=N–C) groups is 3. The lowest BCUT2D eigenvalue weighted by Crippen LogP contribution is -2.34. The van der Waals surface area contributed by atoms with Crippen LogP contribution in [0, 0.1) is 6.92 Å². The number of imidazole rings is 1. The van der Waals surface area contributed by atoms with Gasteiger partial charge in [-0.15, -0.1) is 0 Å². The molecule has 0 bridgehead atoms. The van der Waals surface area contributed by atoms with Crippen molar-refractivity contribution in [1.29, 1.82) is 0 Å². The van der Waals surface area contributed by atoms with Crippen LogP contribution in [0.3, 0.4) is 0 Å². The zero-order valence-electron chi connectivity index (χ0n) is 13.0. The fourth-order valence-electron chi connectivity index (χ4n) is 2.24. The minimum absolute atomic E-state index is 0.505. The number of hydrogen-bond donors (Lipinski definition) is 0. The SMILES string of the molecule is BBC1=NC(=N/C=C)/C(=N\C=C)n2c1nc(C)c2/C=C\C=C. The molecule has 0 atom stereocenters. The van der Waals surface area contributed by atoms with Gasteiger partial charge in [-0.1, -0.05) is 31.9 Å². The summed E-state index contributed by atoms with van der Waals surface area (Å²) in [5.74, 6) is 1.88. The van der Waals surface area contributed by atoms with Gasteiger partial charge in [0.2, 0.25) is 0 Å². The molecule has 0 fully saturated rings. The quantitative estimate of drug-likeness (QED) is 0.591. The number of nitrogens with zero attached hydrogens (tertiary/aromatic N) is 5. The largest absolute Gasteiger partial charge is 0.273 e. The summed E-state index contributed by atoms with van der Waals surface area (Å²) in [6.07, 6.45) is 8.46. The molecule has 22 heavy (non-hydrogen) atoms. The molecule has 2 heterocycles. The van der Waals surface area contributed by atoms with E-state index < -0.39 is 0 Å². The molecule has 1 aliphatic heterocycles. The molecule has 0 saturated carbocycles. The molecule has 1 aliphatic rings. The Balaban J connectivity index is 2.81. The molecule has 0 spiro atoms. The third-order valence-corrected chi connectivity index (χ3v) is 3.16. The van der Waals surface area contributed by atoms with Crippen molar-refractivity contribution in [3.8, 4) is 0 Å². The van der Waals surface area contributed by atoms with Gasteiger partial charge in [-0.25, -0.2) is 20.0 Å². The summed E-state index contributed by atoms with van der Waals surface area (Å²) in [5, 5.41) is 0. The molecule has 0 radical (unpaired) electrons. The van der Waals surface area contributed by atoms with Gasteiger partial charge in [0.05, 0.1) is 19.1 Å². The average Bonchev–Trinajstić information content (AvgIpc) is 2.84. The maximum atomic E-state index is 4.63. The zero-order chi connectivity index (χ0) is 16.1. The summed E-state index contributed by atoms with van der Waals surface area (Å²) in [7, 11) is 2.78. The third kappa shape index (κ3) is 2.70. The van der Waals surface area contributed by atoms with Crippen LogP contribution in [0.4, 0.5) is 0 Å². The van der Waals surface area contributed by atoms with Crippen LogP contribution in [-0.4, -0.2) is 41.7 Å². The standard InChI is InChI=1S/C15H17B2N5/c1-5-8-9-11-10(4)20-14-12(17-16)21-13(18-6-2)15(19-7-3)22(11)14/h5-9,17H,1-3,16H2,4H3/b9-8-,18-13+,19-15+. The summed E-state index contributed by atoms with van der Waals surface area (Å²) in [6, 6.07) is 0. The van der Waals surface area contributed by atoms with E-state index >= 15 is 0 Å². The second-order valence-electron chi connectivity index (χ2n) is 4.52. The van der Waals surface area contributed by atoms with Crippen LogP contribution in [0.25, 0.3) is 6.08 Å². The highest BCUT2D eigenvalue weighted by atomic mass is 15.2. The smallest absolute Gasteiger partial charge is 0.195 e. The summed E-state index contributed by atoms with van der Waals surface area (Å²) in [5.41, 5.74) is 2.68. The maximum Gasteiger partial charge on any atom is 0.195 e. The third-order valence-electron chi connectivity index (χ3n) is 3.16. The number of hydrogen-bond acceptors (Lipinski definition) is 3. The Kier molecular flexibility index (Phi) is 4.88. The Labute approximate surface area is 131 Å². The molecule has 5 nitrogen and oxygen atoms in total. The van der Waals surface area contributed by atoms with Crippen molar-refractivity contribution >= 4 is 38.3 Å². The molecule has 0 aliphatic carbocycles. The van der Waals surface area contributed by atoms with Crippen LogP contribution in [0.5, 0.6) is 0 Å². The fraction of sp³-hybridized carbons (Fsp3) is 0.0667. The monoisotopic (exact) mass is 289 g/mol. The molecule has 2 rings (SSSR count). The first-order chi connectivity index (χ1) is 10.7. The van der Waals surface area contributed by atoms with Crippen LogP contribution >= 0.6 is 0 Å². The van der Waals surface area contributed by atoms with E-state index in [0.717, 1.165) is 30.0 Å². The van der Waals surface area contributed by atoms with Crippen LogP contribution < -0.4 is 0 Å². The van der Waals surface area contributed by atoms with Gasteiger partial charge in [0, 0.05) is 18.0 Å². The summed E-state index contributed by atoms with van der Waals surface area (Å²) in [6.45, 7) is 13.0. The Hall–Kier alpha value is -2.69. The van der Waals surface area contributed by atoms with Gasteiger partial charge in [0.1, 0.15) is 13.0 Å². The molecule has 0 saturated heterocycles. The predicted molar refractivity (Wildman–Crippen MR) is 99.1 cm³/mol. The van der Waals surface area contributed by atoms with Gasteiger partial charge >= 0.3 is 0 Å². The van der Waals surface area contributed by atoms with Crippen LogP contribution in [0.1, 0.15) is 17.2 Å². The molecule has 0 unspecified atom stereocenters. The van der Waals surface area contributed by atoms with Crippen molar-refractivity contribution in [2.75, 3.05) is 0 Å². The van der Waals surface area contributed by atoms with Gasteiger partial charge in [0.25, 0.3) is 0 Å². The van der Waals surface area contributed by atoms with Gasteiger partial charge in [-0.3, -0.25) is 4.57 Å². The fourth-order valence-corrected chi connectivity index (χ4v) is 2.24. The summed E-state index contributed by atoms with van der Waals surface area (Å²) < 4.78 is 1.95. The van der Waals surface area contributed by atoms with Crippen LogP contribution in [0.15, 0.2) is 59.3 Å². The first-order valence-corrected chi connectivity index (χ1v) is 7.02. The molecular formula is C15H17B2N5. The number of aromatic nitrogens is 2. The van der Waals surface area contributed by atoms with Gasteiger partial charge in [-0.05, 0) is 13.0 Å². The molecule has 0 amide bonds. The number of rotatable bonds is 5. The van der Waals surface area contributed by atoms with Crippen molar-refractivity contribution in [2.24, 2.45) is 15.0 Å². The van der Waals surface area contributed by atoms with E-state index in [2.05, 4.69) is 39.7 Å². The average molecular weight is 289 g/mol. The Bertz CT molecular complexity index is 750. The molecule has 0 aromatic carbocycles. The topological polar surface area (TPSA) is 54.9 Å². The molecule has 1 aromatic rings. The van der Waals surface area contributed by atoms with E-state index in [9.17, 15) is 0 Å². The summed E-state index contributed by atoms with van der Waals surface area (Å²) >= 11 is 0. The highest BCUT2D eigenvalue weighted by molar-refractivity contribution is 7.10. The second-order valence-corrected chi connectivity index (χ2v) is 4.52. The molecular weight excluding hydrogens is 272 g/mol. The molecule has 108 valence electrons. The predicted octanol–water partition coefficient (Wildman–Crippen LogP) is 1.07. The van der Waals surface area contributed by atoms with Crippen molar-refractivity contribution < 1.29 is 0 Å². The number of allylic oxidation sites excluding steroid dienone is 2. The zero-order valence-corrected chi connectivity index (χ0v) is 13.0. The highest BCUT2D eigenvalue weighted by Gasteiger charge is 2.27. The van der Waals surface area contributed by atoms with E-state index in [1.807, 2.05) is 31.4 Å². The van der Waals surface area contributed by atoms with Crippen molar-refractivity contribution in [3.05, 3.63) is 61.5 Å². The Morgan fingerprint density at radius 2 is 1.95 bits per heavy atom. The first kappa shape index (κ1) is 15.7. The van der Waals surface area contributed by atoms with Crippen LogP contribution in [-0.2, 0) is 0 Å². The molecule has 1 aromatic heterocycles. The lowest BCUT2D eigenvalue weighted by Gasteiger charge is -2.18. The first-order valence-electron chi connectivity index (χ1n) is 7.02. The van der Waals surface area contributed by atoms with Gasteiger partial charge < -0.3 is 0 Å². The maximum absolute atomic E-state index is 4.63. The van der Waals surface area contributed by atoms with E-state index in [1.54, 1.807) is 6.08 Å². The Morgan fingerprint density at radius 3 is 2.55 bits per heavy atom. The van der Waals surface area contributed by atoms with Crippen molar-refractivity contribution in [3.63, 3.8) is 0 Å². The number of aryl methyl sites for hydroxylation is 1. The lowest BCUT2D eigenvalue weighted by molar-refractivity contribution is 1.08. The lowest BCUT2D eigenvalue weighted by atomic mass is 9.52. The van der Waals surface area contributed by atoms with Gasteiger partial charge in [0.15, 0.2) is 11.7 Å². The minimum atomic E-state index is 0.505. The summed E-state index contributed by atoms with van der Waals surface area (Å²) in [4.78, 5) is 17.8.